The summed E-state index contributed by atoms with van der Waals surface area (Å²) in [4.78, 5) is 2.59. The predicted molar refractivity (Wildman–Crippen MR) is 72.2 cm³/mol. The number of benzene rings is 1. The van der Waals surface area contributed by atoms with Gasteiger partial charge >= 0.3 is 0 Å². The molecule has 1 aromatic rings. The third-order valence-corrected chi connectivity index (χ3v) is 4.38. The molecule has 2 heterocycles. The average Bonchev–Trinajstić information content (AvgIpc) is 2.29. The highest BCUT2D eigenvalue weighted by Gasteiger charge is 2.32. The molecule has 3 rings (SSSR count). The molecule has 2 aliphatic rings. The van der Waals surface area contributed by atoms with Crippen LogP contribution in [-0.2, 0) is 0 Å². The summed E-state index contributed by atoms with van der Waals surface area (Å²) < 4.78 is 1.17. The number of nitrogens with zero attached hydrogens (tertiary/aromatic N) is 1. The number of hydrogen-bond donors (Lipinski definition) is 1. The number of rotatable bonds is 0. The van der Waals surface area contributed by atoms with E-state index in [1.165, 1.54) is 35.2 Å². The molecule has 0 aromatic heterocycles. The normalized spacial score (nSPS) is 28.0. The Kier molecular flexibility index (Phi) is 2.58. The maximum absolute atomic E-state index is 3.57. The fourth-order valence-corrected chi connectivity index (χ4v) is 3.31. The Morgan fingerprint density at radius 3 is 3.19 bits per heavy atom. The molecule has 2 atom stereocenters. The summed E-state index contributed by atoms with van der Waals surface area (Å²) in [6.07, 6.45) is 2.69. The molecule has 86 valence electrons. The van der Waals surface area contributed by atoms with E-state index in [2.05, 4.69) is 51.3 Å². The van der Waals surface area contributed by atoms with Crippen molar-refractivity contribution in [2.75, 3.05) is 23.3 Å². The average molecular weight is 281 g/mol. The molecule has 3 heteroatoms. The number of fused-ring (bicyclic) bond motifs is 3. The van der Waals surface area contributed by atoms with Crippen LogP contribution in [0, 0.1) is 5.92 Å². The van der Waals surface area contributed by atoms with Crippen molar-refractivity contribution < 1.29 is 0 Å². The Morgan fingerprint density at radius 2 is 2.31 bits per heavy atom. The lowest BCUT2D eigenvalue weighted by Crippen LogP contribution is -2.51. The van der Waals surface area contributed by atoms with E-state index in [4.69, 9.17) is 0 Å². The van der Waals surface area contributed by atoms with Gasteiger partial charge in [-0.05, 0) is 37.0 Å². The molecule has 1 aromatic carbocycles. The van der Waals surface area contributed by atoms with E-state index in [9.17, 15) is 0 Å². The topological polar surface area (TPSA) is 15.3 Å². The van der Waals surface area contributed by atoms with Crippen LogP contribution in [-0.4, -0.2) is 19.1 Å². The lowest BCUT2D eigenvalue weighted by atomic mass is 9.88. The lowest BCUT2D eigenvalue weighted by molar-refractivity contribution is 0.351. The van der Waals surface area contributed by atoms with Crippen LogP contribution in [0.3, 0.4) is 0 Å². The third-order valence-electron chi connectivity index (χ3n) is 3.89. The molecule has 0 aliphatic carbocycles. The Hall–Kier alpha value is -0.700. The molecular formula is C13H17BrN2. The van der Waals surface area contributed by atoms with Gasteiger partial charge in [0.1, 0.15) is 0 Å². The first-order chi connectivity index (χ1) is 7.75. The zero-order chi connectivity index (χ0) is 11.1. The van der Waals surface area contributed by atoms with Crippen molar-refractivity contribution in [3.63, 3.8) is 0 Å². The summed E-state index contributed by atoms with van der Waals surface area (Å²) in [5, 5.41) is 3.56. The van der Waals surface area contributed by atoms with E-state index < -0.39 is 0 Å². The smallest absolute Gasteiger partial charge is 0.0616 e. The van der Waals surface area contributed by atoms with E-state index in [0.717, 1.165) is 12.5 Å². The van der Waals surface area contributed by atoms with E-state index >= 15 is 0 Å². The Morgan fingerprint density at radius 1 is 1.44 bits per heavy atom. The zero-order valence-corrected chi connectivity index (χ0v) is 11.1. The van der Waals surface area contributed by atoms with Crippen molar-refractivity contribution in [2.45, 2.75) is 25.8 Å². The van der Waals surface area contributed by atoms with Crippen LogP contribution in [0.15, 0.2) is 22.7 Å². The second kappa shape index (κ2) is 3.95. The van der Waals surface area contributed by atoms with Gasteiger partial charge in [-0.25, -0.2) is 0 Å². The highest BCUT2D eigenvalue weighted by atomic mass is 79.9. The Bertz CT molecular complexity index is 405. The van der Waals surface area contributed by atoms with Gasteiger partial charge in [0, 0.05) is 23.6 Å². The fraction of sp³-hybridized carbons (Fsp3) is 0.538. The monoisotopic (exact) mass is 280 g/mol. The number of piperidine rings is 1. The highest BCUT2D eigenvalue weighted by Crippen LogP contribution is 2.38. The summed E-state index contributed by atoms with van der Waals surface area (Å²) in [5.74, 6) is 0.799. The standard InChI is InChI=1S/C13H17BrN2/c1-9-3-2-6-16-12-7-10(14)4-5-11(12)15-8-13(9)16/h4-5,7,9,13,15H,2-3,6,8H2,1H3. The van der Waals surface area contributed by atoms with Gasteiger partial charge in [-0.15, -0.1) is 0 Å². The zero-order valence-electron chi connectivity index (χ0n) is 9.54. The number of halogens is 1. The minimum absolute atomic E-state index is 0.676. The van der Waals surface area contributed by atoms with Gasteiger partial charge in [-0.1, -0.05) is 22.9 Å². The van der Waals surface area contributed by atoms with Crippen LogP contribution < -0.4 is 10.2 Å². The van der Waals surface area contributed by atoms with Crippen molar-refractivity contribution in [3.8, 4) is 0 Å². The van der Waals surface area contributed by atoms with E-state index in [1.807, 2.05) is 0 Å². The second-order valence-electron chi connectivity index (χ2n) is 4.92. The second-order valence-corrected chi connectivity index (χ2v) is 5.84. The molecule has 1 fully saturated rings. The van der Waals surface area contributed by atoms with Crippen LogP contribution >= 0.6 is 15.9 Å². The molecule has 1 N–H and O–H groups in total. The van der Waals surface area contributed by atoms with Crippen molar-refractivity contribution in [1.82, 2.24) is 0 Å². The number of anilines is 2. The molecule has 2 nitrogen and oxygen atoms in total. The maximum Gasteiger partial charge on any atom is 0.0616 e. The van der Waals surface area contributed by atoms with Crippen LogP contribution in [0.1, 0.15) is 19.8 Å². The number of hydrogen-bond acceptors (Lipinski definition) is 2. The molecule has 0 bridgehead atoms. The molecule has 16 heavy (non-hydrogen) atoms. The molecule has 2 aliphatic heterocycles. The first kappa shape index (κ1) is 10.5. The van der Waals surface area contributed by atoms with E-state index in [-0.39, 0.29) is 0 Å². The van der Waals surface area contributed by atoms with E-state index in [1.54, 1.807) is 0 Å². The van der Waals surface area contributed by atoms with Gasteiger partial charge in [0.05, 0.1) is 11.4 Å². The van der Waals surface area contributed by atoms with Crippen LogP contribution in [0.5, 0.6) is 0 Å². The van der Waals surface area contributed by atoms with Gasteiger partial charge in [0.2, 0.25) is 0 Å². The summed E-state index contributed by atoms with van der Waals surface area (Å²) >= 11 is 3.57. The molecule has 0 radical (unpaired) electrons. The molecule has 1 saturated heterocycles. The molecule has 0 spiro atoms. The van der Waals surface area contributed by atoms with Crippen LogP contribution in [0.2, 0.25) is 0 Å². The Labute approximate surface area is 105 Å². The van der Waals surface area contributed by atoms with Gasteiger partial charge < -0.3 is 10.2 Å². The first-order valence-corrected chi connectivity index (χ1v) is 6.85. The van der Waals surface area contributed by atoms with E-state index in [0.29, 0.717) is 6.04 Å². The van der Waals surface area contributed by atoms with Crippen molar-refractivity contribution in [2.24, 2.45) is 5.92 Å². The maximum atomic E-state index is 3.57. The fourth-order valence-electron chi connectivity index (χ4n) is 2.97. The van der Waals surface area contributed by atoms with Crippen LogP contribution in [0.4, 0.5) is 11.4 Å². The third kappa shape index (κ3) is 1.61. The van der Waals surface area contributed by atoms with Gasteiger partial charge in [0.25, 0.3) is 0 Å². The molecule has 0 amide bonds. The van der Waals surface area contributed by atoms with Gasteiger partial charge in [-0.3, -0.25) is 0 Å². The molecule has 0 saturated carbocycles. The van der Waals surface area contributed by atoms with Gasteiger partial charge in [0.15, 0.2) is 0 Å². The largest absolute Gasteiger partial charge is 0.381 e. The number of nitrogens with one attached hydrogen (secondary N) is 1. The van der Waals surface area contributed by atoms with Gasteiger partial charge in [-0.2, -0.15) is 0 Å². The SMILES string of the molecule is CC1CCCN2c3cc(Br)ccc3NCC12. The molecule has 2 unspecified atom stereocenters. The molecular weight excluding hydrogens is 264 g/mol. The summed E-state index contributed by atoms with van der Waals surface area (Å²) in [6, 6.07) is 7.21. The summed E-state index contributed by atoms with van der Waals surface area (Å²) in [6.45, 7) is 4.68. The van der Waals surface area contributed by atoms with Crippen LogP contribution in [0.25, 0.3) is 0 Å². The first-order valence-electron chi connectivity index (χ1n) is 6.06. The summed E-state index contributed by atoms with van der Waals surface area (Å²) in [5.41, 5.74) is 2.66. The van der Waals surface area contributed by atoms with Crippen molar-refractivity contribution >= 4 is 27.3 Å². The van der Waals surface area contributed by atoms with Crippen molar-refractivity contribution in [3.05, 3.63) is 22.7 Å². The Balaban J connectivity index is 2.01. The minimum atomic E-state index is 0.676. The summed E-state index contributed by atoms with van der Waals surface area (Å²) in [7, 11) is 0. The quantitative estimate of drug-likeness (QED) is 0.783. The highest BCUT2D eigenvalue weighted by molar-refractivity contribution is 9.10. The van der Waals surface area contributed by atoms with Crippen molar-refractivity contribution in [1.29, 1.82) is 0 Å². The lowest BCUT2D eigenvalue weighted by Gasteiger charge is -2.45. The predicted octanol–water partition coefficient (Wildman–Crippen LogP) is 3.48. The minimum Gasteiger partial charge on any atom is -0.381 e.